The van der Waals surface area contributed by atoms with Crippen LogP contribution in [0.3, 0.4) is 0 Å². The molecule has 0 amide bonds. The van der Waals surface area contributed by atoms with Gasteiger partial charge in [-0.05, 0) is 36.2 Å². The Kier molecular flexibility index (Phi) is 2.12. The second-order valence-corrected chi connectivity index (χ2v) is 4.85. The van der Waals surface area contributed by atoms with Crippen LogP contribution < -0.4 is 5.73 Å². The first kappa shape index (κ1) is 7.90. The number of rotatable bonds is 0. The van der Waals surface area contributed by atoms with Crippen molar-refractivity contribution in [3.8, 4) is 0 Å². The molecule has 0 spiro atoms. The van der Waals surface area contributed by atoms with Gasteiger partial charge in [0, 0.05) is 6.04 Å². The molecule has 0 radical (unpaired) electrons. The summed E-state index contributed by atoms with van der Waals surface area (Å²) in [6.45, 7) is 0. The van der Waals surface area contributed by atoms with Crippen molar-refractivity contribution >= 4 is 11.8 Å². The van der Waals surface area contributed by atoms with E-state index in [-0.39, 0.29) is 6.10 Å². The Hall–Kier alpha value is 0.270. The van der Waals surface area contributed by atoms with Gasteiger partial charge in [0.05, 0.1) is 6.10 Å². The molecule has 64 valence electrons. The molecular formula is C8H15NOS. The van der Waals surface area contributed by atoms with E-state index in [2.05, 4.69) is 0 Å². The smallest absolute Gasteiger partial charge is 0.0613 e. The van der Waals surface area contributed by atoms with Crippen molar-refractivity contribution in [3.05, 3.63) is 0 Å². The highest BCUT2D eigenvalue weighted by molar-refractivity contribution is 7.99. The largest absolute Gasteiger partial charge is 0.392 e. The molecular weight excluding hydrogens is 158 g/mol. The highest BCUT2D eigenvalue weighted by Gasteiger charge is 2.38. The summed E-state index contributed by atoms with van der Waals surface area (Å²) in [5.41, 5.74) is 5.87. The van der Waals surface area contributed by atoms with Gasteiger partial charge in [0.25, 0.3) is 0 Å². The van der Waals surface area contributed by atoms with E-state index in [1.165, 1.54) is 0 Å². The van der Waals surface area contributed by atoms with Crippen LogP contribution in [-0.4, -0.2) is 28.8 Å². The summed E-state index contributed by atoms with van der Waals surface area (Å²) >= 11 is 1.98. The standard InChI is InChI=1S/C8H15NOS/c9-7-1-5-3-11-4-6(2-7)8(5)10/h5-8,10H,1-4,9H2/t5-,6+,7?,8?. The van der Waals surface area contributed by atoms with Gasteiger partial charge in [-0.15, -0.1) is 0 Å². The maximum absolute atomic E-state index is 9.74. The van der Waals surface area contributed by atoms with Gasteiger partial charge in [-0.2, -0.15) is 11.8 Å². The normalized spacial score (nSPS) is 50.7. The first-order valence-corrected chi connectivity index (χ1v) is 5.44. The summed E-state index contributed by atoms with van der Waals surface area (Å²) in [6, 6.07) is 0.356. The fourth-order valence-electron chi connectivity index (χ4n) is 2.24. The number of hydrogen-bond acceptors (Lipinski definition) is 3. The topological polar surface area (TPSA) is 46.2 Å². The predicted molar refractivity (Wildman–Crippen MR) is 47.5 cm³/mol. The predicted octanol–water partition coefficient (Wildman–Crippen LogP) is 0.448. The molecule has 2 fully saturated rings. The molecule has 3 N–H and O–H groups in total. The van der Waals surface area contributed by atoms with E-state index in [1.807, 2.05) is 11.8 Å². The lowest BCUT2D eigenvalue weighted by Crippen LogP contribution is -2.47. The molecule has 1 saturated carbocycles. The zero-order valence-corrected chi connectivity index (χ0v) is 7.39. The van der Waals surface area contributed by atoms with Crippen molar-refractivity contribution < 1.29 is 5.11 Å². The van der Waals surface area contributed by atoms with Crippen LogP contribution >= 0.6 is 11.8 Å². The van der Waals surface area contributed by atoms with Crippen LogP contribution in [0.5, 0.6) is 0 Å². The number of hydrogen-bond donors (Lipinski definition) is 2. The highest BCUT2D eigenvalue weighted by atomic mass is 32.2. The minimum absolute atomic E-state index is 0.0453. The summed E-state index contributed by atoms with van der Waals surface area (Å²) in [4.78, 5) is 0. The fraction of sp³-hybridized carbons (Fsp3) is 1.00. The summed E-state index contributed by atoms with van der Waals surface area (Å²) < 4.78 is 0. The Balaban J connectivity index is 2.07. The summed E-state index contributed by atoms with van der Waals surface area (Å²) in [7, 11) is 0. The molecule has 2 unspecified atom stereocenters. The van der Waals surface area contributed by atoms with Gasteiger partial charge < -0.3 is 10.8 Å². The number of aliphatic hydroxyl groups excluding tert-OH is 1. The van der Waals surface area contributed by atoms with Crippen LogP contribution in [0, 0.1) is 11.8 Å². The molecule has 2 aliphatic rings. The summed E-state index contributed by atoms with van der Waals surface area (Å²) in [5, 5.41) is 9.74. The second kappa shape index (κ2) is 2.96. The Morgan fingerprint density at radius 2 is 1.73 bits per heavy atom. The minimum atomic E-state index is -0.0453. The lowest BCUT2D eigenvalue weighted by Gasteiger charge is -2.41. The molecule has 1 aliphatic carbocycles. The summed E-state index contributed by atoms with van der Waals surface area (Å²) in [6.07, 6.45) is 2.02. The third kappa shape index (κ3) is 1.42. The zero-order chi connectivity index (χ0) is 7.84. The maximum atomic E-state index is 9.74. The van der Waals surface area contributed by atoms with Crippen LogP contribution in [0.4, 0.5) is 0 Å². The van der Waals surface area contributed by atoms with Crippen molar-refractivity contribution in [1.29, 1.82) is 0 Å². The van der Waals surface area contributed by atoms with E-state index in [1.54, 1.807) is 0 Å². The first-order valence-electron chi connectivity index (χ1n) is 4.29. The molecule has 1 heterocycles. The molecule has 1 aliphatic heterocycles. The van der Waals surface area contributed by atoms with Crippen LogP contribution in [0.1, 0.15) is 12.8 Å². The molecule has 3 heteroatoms. The monoisotopic (exact) mass is 173 g/mol. The lowest BCUT2D eigenvalue weighted by molar-refractivity contribution is 0.0257. The van der Waals surface area contributed by atoms with Gasteiger partial charge >= 0.3 is 0 Å². The Morgan fingerprint density at radius 3 is 2.27 bits per heavy atom. The van der Waals surface area contributed by atoms with Gasteiger partial charge in [-0.25, -0.2) is 0 Å². The van der Waals surface area contributed by atoms with E-state index in [0.29, 0.717) is 17.9 Å². The van der Waals surface area contributed by atoms with Crippen molar-refractivity contribution in [2.24, 2.45) is 17.6 Å². The van der Waals surface area contributed by atoms with Crippen molar-refractivity contribution in [2.75, 3.05) is 11.5 Å². The van der Waals surface area contributed by atoms with E-state index < -0.39 is 0 Å². The molecule has 2 nitrogen and oxygen atoms in total. The SMILES string of the molecule is NC1C[C@H]2CSC[C@@H](C1)C2O. The molecule has 0 aromatic rings. The van der Waals surface area contributed by atoms with E-state index in [4.69, 9.17) is 5.73 Å². The third-order valence-electron chi connectivity index (χ3n) is 2.84. The average molecular weight is 173 g/mol. The Bertz CT molecular complexity index is 139. The van der Waals surface area contributed by atoms with Crippen molar-refractivity contribution in [1.82, 2.24) is 0 Å². The molecule has 2 rings (SSSR count). The highest BCUT2D eigenvalue weighted by Crippen LogP contribution is 2.37. The fourth-order valence-corrected chi connectivity index (χ4v) is 3.65. The van der Waals surface area contributed by atoms with Gasteiger partial charge in [-0.1, -0.05) is 0 Å². The van der Waals surface area contributed by atoms with E-state index in [0.717, 1.165) is 24.3 Å². The third-order valence-corrected chi connectivity index (χ3v) is 4.17. The van der Waals surface area contributed by atoms with Crippen LogP contribution in [0.15, 0.2) is 0 Å². The van der Waals surface area contributed by atoms with E-state index in [9.17, 15) is 5.11 Å². The zero-order valence-electron chi connectivity index (χ0n) is 6.57. The van der Waals surface area contributed by atoms with Gasteiger partial charge in [0.1, 0.15) is 0 Å². The number of aliphatic hydroxyl groups is 1. The molecule has 2 bridgehead atoms. The Labute approximate surface area is 71.5 Å². The average Bonchev–Trinajstić information content (AvgIpc) is 1.92. The molecule has 0 aromatic carbocycles. The molecule has 11 heavy (non-hydrogen) atoms. The molecule has 1 saturated heterocycles. The lowest BCUT2D eigenvalue weighted by atomic mass is 9.78. The minimum Gasteiger partial charge on any atom is -0.392 e. The van der Waals surface area contributed by atoms with Crippen molar-refractivity contribution in [3.63, 3.8) is 0 Å². The van der Waals surface area contributed by atoms with Crippen molar-refractivity contribution in [2.45, 2.75) is 25.0 Å². The van der Waals surface area contributed by atoms with E-state index >= 15 is 0 Å². The first-order chi connectivity index (χ1) is 5.27. The Morgan fingerprint density at radius 1 is 1.18 bits per heavy atom. The van der Waals surface area contributed by atoms with Crippen LogP contribution in [-0.2, 0) is 0 Å². The second-order valence-electron chi connectivity index (χ2n) is 3.78. The van der Waals surface area contributed by atoms with Gasteiger partial charge in [-0.3, -0.25) is 0 Å². The molecule has 4 atom stereocenters. The number of thioether (sulfide) groups is 1. The summed E-state index contributed by atoms with van der Waals surface area (Å²) in [5.74, 6) is 3.21. The van der Waals surface area contributed by atoms with Crippen LogP contribution in [0.25, 0.3) is 0 Å². The van der Waals surface area contributed by atoms with Gasteiger partial charge in [0.15, 0.2) is 0 Å². The molecule has 0 aromatic heterocycles. The number of nitrogens with two attached hydrogens (primary N) is 1. The maximum Gasteiger partial charge on any atom is 0.0613 e. The quantitative estimate of drug-likeness (QED) is 0.559. The number of fused-ring (bicyclic) bond motifs is 2. The van der Waals surface area contributed by atoms with Crippen LogP contribution in [0.2, 0.25) is 0 Å². The van der Waals surface area contributed by atoms with Gasteiger partial charge in [0.2, 0.25) is 0 Å².